The van der Waals surface area contributed by atoms with Gasteiger partial charge in [-0.05, 0) is 31.9 Å². The highest BCUT2D eigenvalue weighted by atomic mass is 16.2. The number of H-pyrrole nitrogens is 1. The van der Waals surface area contributed by atoms with E-state index in [0.29, 0.717) is 42.2 Å². The van der Waals surface area contributed by atoms with E-state index in [0.717, 1.165) is 37.8 Å². The van der Waals surface area contributed by atoms with E-state index in [-0.39, 0.29) is 12.3 Å². The molecule has 9 nitrogen and oxygen atoms in total. The molecule has 0 spiro atoms. The second-order valence-electron chi connectivity index (χ2n) is 8.06. The molecule has 0 aliphatic heterocycles. The third kappa shape index (κ3) is 5.52. The Morgan fingerprint density at radius 3 is 2.56 bits per heavy atom. The molecule has 0 aliphatic rings. The lowest BCUT2D eigenvalue weighted by molar-refractivity contribution is -0.116. The van der Waals surface area contributed by atoms with Gasteiger partial charge in [-0.15, -0.1) is 0 Å². The van der Waals surface area contributed by atoms with Gasteiger partial charge in [-0.1, -0.05) is 33.1 Å². The molecule has 0 fully saturated rings. The maximum absolute atomic E-state index is 12.7. The van der Waals surface area contributed by atoms with Crippen molar-refractivity contribution in [2.45, 2.75) is 78.8 Å². The lowest BCUT2D eigenvalue weighted by Crippen LogP contribution is -2.31. The molecule has 9 heteroatoms. The molecular formula is C23H32N6O3. The molecule has 0 unspecified atom stereocenters. The lowest BCUT2D eigenvalue weighted by atomic mass is 10.2. The number of nitrogens with one attached hydrogen (secondary N) is 2. The zero-order chi connectivity index (χ0) is 23.1. The van der Waals surface area contributed by atoms with Crippen molar-refractivity contribution in [3.63, 3.8) is 0 Å². The van der Waals surface area contributed by atoms with Crippen LogP contribution in [0.2, 0.25) is 0 Å². The molecule has 0 bridgehead atoms. The van der Waals surface area contributed by atoms with Gasteiger partial charge in [0, 0.05) is 43.5 Å². The van der Waals surface area contributed by atoms with Crippen molar-refractivity contribution in [1.82, 2.24) is 24.1 Å². The van der Waals surface area contributed by atoms with Crippen LogP contribution < -0.4 is 16.6 Å². The summed E-state index contributed by atoms with van der Waals surface area (Å²) in [6.45, 7) is 7.15. The number of nitrogens with zero attached hydrogens (tertiary/aromatic N) is 4. The molecule has 0 saturated heterocycles. The standard InChI is InChI=1S/C23H32N6O3/c1-4-6-8-14-28-18(9-10-19(30)25-17-11-12-24-16(3)15-17)26-21-20(28)22(31)27-23(32)29(21)13-7-5-2/h11-12,15H,4-10,13-14H2,1-3H3,(H,24,25,30)(H,27,31,32). The normalized spacial score (nSPS) is 11.2. The Morgan fingerprint density at radius 1 is 1.09 bits per heavy atom. The van der Waals surface area contributed by atoms with Gasteiger partial charge < -0.3 is 9.88 Å². The van der Waals surface area contributed by atoms with Gasteiger partial charge in [-0.3, -0.25) is 24.1 Å². The third-order valence-electron chi connectivity index (χ3n) is 5.44. The fourth-order valence-corrected chi connectivity index (χ4v) is 3.77. The summed E-state index contributed by atoms with van der Waals surface area (Å²) in [6, 6.07) is 3.56. The van der Waals surface area contributed by atoms with Crippen molar-refractivity contribution >= 4 is 22.8 Å². The number of aryl methyl sites for hydroxylation is 4. The van der Waals surface area contributed by atoms with Crippen LogP contribution in [-0.4, -0.2) is 30.0 Å². The average molecular weight is 441 g/mol. The van der Waals surface area contributed by atoms with Crippen molar-refractivity contribution in [3.8, 4) is 0 Å². The molecule has 3 aromatic heterocycles. The van der Waals surface area contributed by atoms with Gasteiger partial charge >= 0.3 is 5.69 Å². The second kappa shape index (κ2) is 10.9. The van der Waals surface area contributed by atoms with E-state index in [1.54, 1.807) is 16.8 Å². The highest BCUT2D eigenvalue weighted by Gasteiger charge is 2.19. The number of fused-ring (bicyclic) bond motifs is 1. The molecule has 2 N–H and O–H groups in total. The number of rotatable bonds is 11. The van der Waals surface area contributed by atoms with Crippen LogP contribution in [0, 0.1) is 6.92 Å². The monoisotopic (exact) mass is 440 g/mol. The first-order valence-corrected chi connectivity index (χ1v) is 11.4. The summed E-state index contributed by atoms with van der Waals surface area (Å²) in [7, 11) is 0. The van der Waals surface area contributed by atoms with Crippen molar-refractivity contribution in [1.29, 1.82) is 0 Å². The maximum Gasteiger partial charge on any atom is 0.330 e. The molecule has 0 saturated carbocycles. The Labute approximate surface area is 186 Å². The molecule has 0 atom stereocenters. The van der Waals surface area contributed by atoms with Crippen LogP contribution in [0.5, 0.6) is 0 Å². The molecule has 0 aliphatic carbocycles. The number of unbranched alkanes of at least 4 members (excludes halogenated alkanes) is 3. The molecule has 1 amide bonds. The minimum absolute atomic E-state index is 0.139. The van der Waals surface area contributed by atoms with Gasteiger partial charge in [0.2, 0.25) is 5.91 Å². The fourth-order valence-electron chi connectivity index (χ4n) is 3.77. The van der Waals surface area contributed by atoms with Crippen LogP contribution in [0.15, 0.2) is 27.9 Å². The first kappa shape index (κ1) is 23.4. The Kier molecular flexibility index (Phi) is 7.97. The first-order chi connectivity index (χ1) is 15.4. The van der Waals surface area contributed by atoms with E-state index >= 15 is 0 Å². The van der Waals surface area contributed by atoms with Crippen LogP contribution >= 0.6 is 0 Å². The number of imidazole rings is 1. The number of carbonyl (C=O) groups excluding carboxylic acids is 1. The van der Waals surface area contributed by atoms with Crippen LogP contribution in [0.1, 0.15) is 63.9 Å². The number of aromatic nitrogens is 5. The second-order valence-corrected chi connectivity index (χ2v) is 8.06. The number of carbonyl (C=O) groups is 1. The van der Waals surface area contributed by atoms with Crippen LogP contribution in [0.25, 0.3) is 11.2 Å². The van der Waals surface area contributed by atoms with Crippen molar-refractivity contribution in [3.05, 3.63) is 50.7 Å². The molecule has 3 rings (SSSR count). The maximum atomic E-state index is 12.7. The van der Waals surface area contributed by atoms with Gasteiger partial charge in [-0.2, -0.15) is 0 Å². The highest BCUT2D eigenvalue weighted by molar-refractivity contribution is 5.90. The van der Waals surface area contributed by atoms with E-state index < -0.39 is 11.2 Å². The van der Waals surface area contributed by atoms with Crippen molar-refractivity contribution in [2.24, 2.45) is 0 Å². The van der Waals surface area contributed by atoms with E-state index in [9.17, 15) is 14.4 Å². The summed E-state index contributed by atoms with van der Waals surface area (Å²) >= 11 is 0. The van der Waals surface area contributed by atoms with Crippen LogP contribution in [-0.2, 0) is 24.3 Å². The Hall–Kier alpha value is -3.23. The largest absolute Gasteiger partial charge is 0.330 e. The summed E-state index contributed by atoms with van der Waals surface area (Å²) in [5.74, 6) is 0.513. The van der Waals surface area contributed by atoms with E-state index in [1.807, 2.05) is 24.5 Å². The molecule has 0 aromatic carbocycles. The smallest absolute Gasteiger partial charge is 0.326 e. The van der Waals surface area contributed by atoms with Crippen LogP contribution in [0.4, 0.5) is 5.69 Å². The summed E-state index contributed by atoms with van der Waals surface area (Å²) in [4.78, 5) is 48.9. The minimum Gasteiger partial charge on any atom is -0.326 e. The van der Waals surface area contributed by atoms with Gasteiger partial charge in [0.25, 0.3) is 5.56 Å². The summed E-state index contributed by atoms with van der Waals surface area (Å²) in [6.07, 6.45) is 6.94. The zero-order valence-corrected chi connectivity index (χ0v) is 19.1. The predicted octanol–water partition coefficient (Wildman–Crippen LogP) is 3.15. The predicted molar refractivity (Wildman–Crippen MR) is 125 cm³/mol. The topological polar surface area (TPSA) is 115 Å². The zero-order valence-electron chi connectivity index (χ0n) is 19.1. The van der Waals surface area contributed by atoms with Crippen molar-refractivity contribution < 1.29 is 4.79 Å². The number of hydrogen-bond donors (Lipinski definition) is 2. The fraction of sp³-hybridized carbons (Fsp3) is 0.522. The van der Waals surface area contributed by atoms with E-state index in [2.05, 4.69) is 27.2 Å². The van der Waals surface area contributed by atoms with E-state index in [4.69, 9.17) is 0 Å². The number of hydrogen-bond acceptors (Lipinski definition) is 5. The average Bonchev–Trinajstić information content (AvgIpc) is 3.11. The Balaban J connectivity index is 1.90. The number of anilines is 1. The molecular weight excluding hydrogens is 408 g/mol. The van der Waals surface area contributed by atoms with Gasteiger partial charge in [0.1, 0.15) is 5.82 Å². The molecule has 3 aromatic rings. The Bertz CT molecular complexity index is 1190. The van der Waals surface area contributed by atoms with Crippen molar-refractivity contribution in [2.75, 3.05) is 5.32 Å². The van der Waals surface area contributed by atoms with Gasteiger partial charge in [0.15, 0.2) is 11.2 Å². The van der Waals surface area contributed by atoms with Crippen LogP contribution in [0.3, 0.4) is 0 Å². The SMILES string of the molecule is CCCCCn1c(CCC(=O)Nc2ccnc(C)c2)nc2c1c(=O)[nH]c(=O)n2CCCC. The summed E-state index contributed by atoms with van der Waals surface area (Å²) < 4.78 is 3.43. The summed E-state index contributed by atoms with van der Waals surface area (Å²) in [5.41, 5.74) is 1.48. The van der Waals surface area contributed by atoms with Gasteiger partial charge in [0.05, 0.1) is 0 Å². The number of aromatic amines is 1. The quantitative estimate of drug-likeness (QED) is 0.445. The number of pyridine rings is 1. The first-order valence-electron chi connectivity index (χ1n) is 11.4. The third-order valence-corrected chi connectivity index (χ3v) is 5.44. The van der Waals surface area contributed by atoms with E-state index in [1.165, 1.54) is 0 Å². The molecule has 172 valence electrons. The van der Waals surface area contributed by atoms with Gasteiger partial charge in [-0.25, -0.2) is 9.78 Å². The summed E-state index contributed by atoms with van der Waals surface area (Å²) in [5, 5.41) is 2.88. The molecule has 3 heterocycles. The number of amides is 1. The highest BCUT2D eigenvalue weighted by Crippen LogP contribution is 2.16. The minimum atomic E-state index is -0.438. The lowest BCUT2D eigenvalue weighted by Gasteiger charge is -2.09. The molecule has 32 heavy (non-hydrogen) atoms. The Morgan fingerprint density at radius 2 is 1.84 bits per heavy atom. The molecule has 0 radical (unpaired) electrons.